The third-order valence-corrected chi connectivity index (χ3v) is 5.03. The first kappa shape index (κ1) is 14.6. The van der Waals surface area contributed by atoms with E-state index < -0.39 is 0 Å². The largest absolute Gasteiger partial charge is 0.333 e. The van der Waals surface area contributed by atoms with E-state index >= 15 is 0 Å². The maximum atomic E-state index is 12.4. The Bertz CT molecular complexity index is 1030. The van der Waals surface area contributed by atoms with Crippen LogP contribution in [0.4, 0.5) is 5.69 Å². The smallest absolute Gasteiger partial charge is 0.262 e. The molecule has 0 saturated carbocycles. The van der Waals surface area contributed by atoms with Crippen molar-refractivity contribution in [2.75, 3.05) is 5.32 Å². The van der Waals surface area contributed by atoms with Crippen molar-refractivity contribution in [3.05, 3.63) is 65.2 Å². The highest BCUT2D eigenvalue weighted by molar-refractivity contribution is 8.04. The number of aromatic nitrogens is 1. The van der Waals surface area contributed by atoms with Crippen LogP contribution < -0.4 is 5.32 Å². The lowest BCUT2D eigenvalue weighted by molar-refractivity contribution is -0.112. The predicted octanol–water partition coefficient (Wildman–Crippen LogP) is 4.25. The van der Waals surface area contributed by atoms with E-state index in [4.69, 9.17) is 5.26 Å². The zero-order valence-corrected chi connectivity index (χ0v) is 13.5. The molecule has 4 rings (SSSR count). The molecule has 5 heteroatoms. The van der Waals surface area contributed by atoms with Gasteiger partial charge in [-0.15, -0.1) is 0 Å². The molecule has 1 aromatic heterocycles. The zero-order valence-electron chi connectivity index (χ0n) is 12.7. The minimum Gasteiger partial charge on any atom is -0.333 e. The summed E-state index contributed by atoms with van der Waals surface area (Å²) in [6, 6.07) is 17.8. The molecule has 116 valence electrons. The molecule has 0 spiro atoms. The van der Waals surface area contributed by atoms with Gasteiger partial charge in [-0.3, -0.25) is 4.79 Å². The van der Waals surface area contributed by atoms with Crippen LogP contribution in [0.15, 0.2) is 64.5 Å². The standard InChI is InChI=1S/C19H13N3OS/c20-9-10-22-12-13(14-5-1-3-7-16(14)22)11-18-19(23)21-15-6-2-4-8-17(15)24-18/h1-8,11-12H,10H2,(H,21,23)/b18-11-. The number of carbonyl (C=O) groups excluding carboxylic acids is 1. The molecule has 0 saturated heterocycles. The van der Waals surface area contributed by atoms with Crippen LogP contribution in [-0.4, -0.2) is 10.5 Å². The Morgan fingerprint density at radius 1 is 1.17 bits per heavy atom. The zero-order chi connectivity index (χ0) is 16.5. The van der Waals surface area contributed by atoms with E-state index in [0.29, 0.717) is 4.91 Å². The summed E-state index contributed by atoms with van der Waals surface area (Å²) in [5.41, 5.74) is 2.78. The minimum atomic E-state index is -0.101. The summed E-state index contributed by atoms with van der Waals surface area (Å²) in [7, 11) is 0. The molecule has 0 aliphatic carbocycles. The Kier molecular flexibility index (Phi) is 3.60. The second-order valence-electron chi connectivity index (χ2n) is 5.45. The Hall–Kier alpha value is -2.97. The van der Waals surface area contributed by atoms with Crippen LogP contribution in [0.3, 0.4) is 0 Å². The van der Waals surface area contributed by atoms with Crippen molar-refractivity contribution in [1.82, 2.24) is 4.57 Å². The Labute approximate surface area is 143 Å². The number of hydrogen-bond donors (Lipinski definition) is 1. The number of nitrogens with one attached hydrogen (secondary N) is 1. The lowest BCUT2D eigenvalue weighted by atomic mass is 10.1. The number of amides is 1. The summed E-state index contributed by atoms with van der Waals surface area (Å²) in [5, 5.41) is 13.0. The second-order valence-corrected chi connectivity index (χ2v) is 6.53. The molecule has 2 aromatic carbocycles. The van der Waals surface area contributed by atoms with Gasteiger partial charge in [0.1, 0.15) is 6.54 Å². The van der Waals surface area contributed by atoms with Gasteiger partial charge in [0.05, 0.1) is 16.7 Å². The molecular weight excluding hydrogens is 318 g/mol. The number of nitrogens with zero attached hydrogens (tertiary/aromatic N) is 2. The number of fused-ring (bicyclic) bond motifs is 2. The number of thioether (sulfide) groups is 1. The van der Waals surface area contributed by atoms with Crippen molar-refractivity contribution in [2.24, 2.45) is 0 Å². The SMILES string of the molecule is N#CCn1cc(/C=C2\Sc3ccccc3NC2=O)c2ccccc21. The average molecular weight is 331 g/mol. The van der Waals surface area contributed by atoms with Crippen molar-refractivity contribution >= 4 is 40.3 Å². The van der Waals surface area contributed by atoms with Gasteiger partial charge >= 0.3 is 0 Å². The summed E-state index contributed by atoms with van der Waals surface area (Å²) >= 11 is 1.47. The normalized spacial score (nSPS) is 15.1. The van der Waals surface area contributed by atoms with Crippen molar-refractivity contribution in [3.63, 3.8) is 0 Å². The Morgan fingerprint density at radius 2 is 1.96 bits per heavy atom. The maximum absolute atomic E-state index is 12.4. The highest BCUT2D eigenvalue weighted by Crippen LogP contribution is 2.39. The summed E-state index contributed by atoms with van der Waals surface area (Å²) < 4.78 is 1.90. The summed E-state index contributed by atoms with van der Waals surface area (Å²) in [4.78, 5) is 14.0. The molecule has 1 aliphatic heterocycles. The van der Waals surface area contributed by atoms with E-state index in [1.165, 1.54) is 11.8 Å². The predicted molar refractivity (Wildman–Crippen MR) is 96.5 cm³/mol. The van der Waals surface area contributed by atoms with Crippen LogP contribution in [0.25, 0.3) is 17.0 Å². The van der Waals surface area contributed by atoms with Crippen LogP contribution in [0, 0.1) is 11.3 Å². The van der Waals surface area contributed by atoms with E-state index in [-0.39, 0.29) is 12.5 Å². The van der Waals surface area contributed by atoms with E-state index in [1.807, 2.05) is 65.4 Å². The highest BCUT2D eigenvalue weighted by Gasteiger charge is 2.21. The van der Waals surface area contributed by atoms with Crippen molar-refractivity contribution in [2.45, 2.75) is 11.4 Å². The highest BCUT2D eigenvalue weighted by atomic mass is 32.2. The number of benzene rings is 2. The van der Waals surface area contributed by atoms with Gasteiger partial charge in [0, 0.05) is 27.6 Å². The fourth-order valence-corrected chi connectivity index (χ4v) is 3.78. The van der Waals surface area contributed by atoms with Gasteiger partial charge in [-0.2, -0.15) is 5.26 Å². The number of rotatable bonds is 2. The molecule has 1 aliphatic rings. The lowest BCUT2D eigenvalue weighted by Gasteiger charge is -2.18. The molecule has 0 unspecified atom stereocenters. The fraction of sp³-hybridized carbons (Fsp3) is 0.0526. The van der Waals surface area contributed by atoms with Gasteiger partial charge in [0.15, 0.2) is 0 Å². The first-order valence-electron chi connectivity index (χ1n) is 7.51. The van der Waals surface area contributed by atoms with E-state index in [9.17, 15) is 4.79 Å². The maximum Gasteiger partial charge on any atom is 0.262 e. The third-order valence-electron chi connectivity index (χ3n) is 3.93. The molecule has 2 heterocycles. The molecule has 0 atom stereocenters. The number of nitriles is 1. The molecule has 1 N–H and O–H groups in total. The summed E-state index contributed by atoms with van der Waals surface area (Å²) in [5.74, 6) is -0.101. The van der Waals surface area contributed by atoms with Crippen LogP contribution >= 0.6 is 11.8 Å². The number of carbonyl (C=O) groups is 1. The topological polar surface area (TPSA) is 57.8 Å². The first-order chi connectivity index (χ1) is 11.8. The summed E-state index contributed by atoms with van der Waals surface area (Å²) in [6.07, 6.45) is 3.82. The van der Waals surface area contributed by atoms with Crippen LogP contribution in [0.1, 0.15) is 5.56 Å². The van der Waals surface area contributed by atoms with E-state index in [1.54, 1.807) is 0 Å². The van der Waals surface area contributed by atoms with Gasteiger partial charge in [-0.25, -0.2) is 0 Å². The van der Waals surface area contributed by atoms with Crippen LogP contribution in [-0.2, 0) is 11.3 Å². The number of hydrogen-bond acceptors (Lipinski definition) is 3. The van der Waals surface area contributed by atoms with Gasteiger partial charge in [-0.05, 0) is 24.3 Å². The van der Waals surface area contributed by atoms with Crippen molar-refractivity contribution in [3.8, 4) is 6.07 Å². The first-order valence-corrected chi connectivity index (χ1v) is 8.32. The lowest BCUT2D eigenvalue weighted by Crippen LogP contribution is -2.16. The van der Waals surface area contributed by atoms with E-state index in [2.05, 4.69) is 11.4 Å². The van der Waals surface area contributed by atoms with Crippen LogP contribution in [0.2, 0.25) is 0 Å². The quantitative estimate of drug-likeness (QED) is 0.714. The van der Waals surface area contributed by atoms with Gasteiger partial charge in [-0.1, -0.05) is 42.1 Å². The van der Waals surface area contributed by atoms with Crippen molar-refractivity contribution in [1.29, 1.82) is 5.26 Å². The molecule has 0 fully saturated rings. The second kappa shape index (κ2) is 5.91. The minimum absolute atomic E-state index is 0.101. The van der Waals surface area contributed by atoms with E-state index in [0.717, 1.165) is 27.0 Å². The average Bonchev–Trinajstić information content (AvgIpc) is 2.94. The molecule has 24 heavy (non-hydrogen) atoms. The van der Waals surface area contributed by atoms with Crippen LogP contribution in [0.5, 0.6) is 0 Å². The monoisotopic (exact) mass is 331 g/mol. The molecule has 3 aromatic rings. The third kappa shape index (κ3) is 2.47. The Balaban J connectivity index is 1.80. The Morgan fingerprint density at radius 3 is 2.83 bits per heavy atom. The fourth-order valence-electron chi connectivity index (χ4n) is 2.84. The molecular formula is C19H13N3OS. The molecule has 1 amide bonds. The van der Waals surface area contributed by atoms with Gasteiger partial charge in [0.2, 0.25) is 0 Å². The number of para-hydroxylation sites is 2. The molecule has 0 radical (unpaired) electrons. The molecule has 4 nitrogen and oxygen atoms in total. The number of anilines is 1. The summed E-state index contributed by atoms with van der Waals surface area (Å²) in [6.45, 7) is 0.284. The molecule has 0 bridgehead atoms. The van der Waals surface area contributed by atoms with Gasteiger partial charge < -0.3 is 9.88 Å². The van der Waals surface area contributed by atoms with Gasteiger partial charge in [0.25, 0.3) is 5.91 Å². The van der Waals surface area contributed by atoms with Crippen molar-refractivity contribution < 1.29 is 4.79 Å².